The fourth-order valence-electron chi connectivity index (χ4n) is 5.01. The van der Waals surface area contributed by atoms with Crippen molar-refractivity contribution in [1.82, 2.24) is 9.62 Å². The third-order valence-corrected chi connectivity index (χ3v) is 9.22. The van der Waals surface area contributed by atoms with E-state index in [0.29, 0.717) is 24.6 Å². The molecule has 1 aliphatic heterocycles. The van der Waals surface area contributed by atoms with Crippen LogP contribution in [0.1, 0.15) is 84.6 Å². The molecule has 2 aromatic rings. The molecule has 0 saturated carbocycles. The summed E-state index contributed by atoms with van der Waals surface area (Å²) in [6, 6.07) is 11.4. The summed E-state index contributed by atoms with van der Waals surface area (Å²) in [5, 5.41) is 3.16. The van der Waals surface area contributed by atoms with Gasteiger partial charge in [0.25, 0.3) is 5.91 Å². The lowest BCUT2D eigenvalue weighted by molar-refractivity contribution is 0.0934. The molecule has 6 heteroatoms. The molecule has 5 nitrogen and oxygen atoms in total. The van der Waals surface area contributed by atoms with Crippen LogP contribution in [-0.2, 0) is 22.9 Å². The topological polar surface area (TPSA) is 66.5 Å². The van der Waals surface area contributed by atoms with Gasteiger partial charge in [0.1, 0.15) is 0 Å². The summed E-state index contributed by atoms with van der Waals surface area (Å²) in [5.74, 6) is 0.326. The molecule has 1 saturated heterocycles. The molecule has 0 aromatic heterocycles. The van der Waals surface area contributed by atoms with Crippen molar-refractivity contribution in [2.45, 2.75) is 76.7 Å². The maximum Gasteiger partial charge on any atom is 0.252 e. The lowest BCUT2D eigenvalue weighted by Gasteiger charge is -2.29. The first-order valence-electron chi connectivity index (χ1n) is 12.3. The van der Waals surface area contributed by atoms with Crippen LogP contribution in [0.3, 0.4) is 0 Å². The zero-order valence-corrected chi connectivity index (χ0v) is 20.9. The maximum atomic E-state index is 13.3. The van der Waals surface area contributed by atoms with Crippen molar-refractivity contribution in [3.63, 3.8) is 0 Å². The molecule has 1 fully saturated rings. The van der Waals surface area contributed by atoms with E-state index in [1.807, 2.05) is 6.92 Å². The van der Waals surface area contributed by atoms with Crippen molar-refractivity contribution in [1.29, 1.82) is 0 Å². The van der Waals surface area contributed by atoms with E-state index in [0.717, 1.165) is 43.2 Å². The highest BCUT2D eigenvalue weighted by Gasteiger charge is 2.29. The minimum atomic E-state index is -3.60. The smallest absolute Gasteiger partial charge is 0.252 e. The van der Waals surface area contributed by atoms with Crippen molar-refractivity contribution in [3.8, 4) is 0 Å². The monoisotopic (exact) mass is 468 g/mol. The summed E-state index contributed by atoms with van der Waals surface area (Å²) in [7, 11) is -3.60. The summed E-state index contributed by atoms with van der Waals surface area (Å²) in [6.07, 6.45) is 7.21. The van der Waals surface area contributed by atoms with Gasteiger partial charge >= 0.3 is 0 Å². The Hall–Kier alpha value is -2.18. The van der Waals surface area contributed by atoms with Crippen LogP contribution >= 0.6 is 0 Å². The molecule has 0 radical (unpaired) electrons. The van der Waals surface area contributed by atoms with Gasteiger partial charge in [-0.3, -0.25) is 4.79 Å². The number of carbonyl (C=O) groups is 1. The van der Waals surface area contributed by atoms with Crippen LogP contribution in [0.5, 0.6) is 0 Å². The average Bonchev–Trinajstić information content (AvgIpc) is 2.82. The summed E-state index contributed by atoms with van der Waals surface area (Å²) >= 11 is 0. The van der Waals surface area contributed by atoms with Crippen molar-refractivity contribution in [2.75, 3.05) is 13.1 Å². The van der Waals surface area contributed by atoms with E-state index in [2.05, 4.69) is 37.4 Å². The number of carbonyl (C=O) groups excluding carboxylic acids is 1. The van der Waals surface area contributed by atoms with Crippen LogP contribution < -0.4 is 5.32 Å². The molecule has 33 heavy (non-hydrogen) atoms. The summed E-state index contributed by atoms with van der Waals surface area (Å²) in [5.41, 5.74) is 5.14. The minimum Gasteiger partial charge on any atom is -0.345 e. The highest BCUT2D eigenvalue weighted by atomic mass is 32.2. The van der Waals surface area contributed by atoms with E-state index in [4.69, 9.17) is 0 Å². The van der Waals surface area contributed by atoms with Crippen molar-refractivity contribution in [3.05, 3.63) is 64.2 Å². The Morgan fingerprint density at radius 1 is 1.06 bits per heavy atom. The van der Waals surface area contributed by atoms with E-state index >= 15 is 0 Å². The number of benzene rings is 2. The number of nitrogens with one attached hydrogen (secondary N) is 1. The highest BCUT2D eigenvalue weighted by molar-refractivity contribution is 7.89. The number of fused-ring (bicyclic) bond motifs is 1. The van der Waals surface area contributed by atoms with Crippen molar-refractivity contribution in [2.24, 2.45) is 5.92 Å². The average molecular weight is 469 g/mol. The largest absolute Gasteiger partial charge is 0.345 e. The Labute approximate surface area is 198 Å². The van der Waals surface area contributed by atoms with Crippen LogP contribution in [0.2, 0.25) is 0 Å². The van der Waals surface area contributed by atoms with E-state index < -0.39 is 10.0 Å². The maximum absolute atomic E-state index is 13.3. The fourth-order valence-corrected chi connectivity index (χ4v) is 6.50. The number of nitrogens with zero attached hydrogens (tertiary/aromatic N) is 1. The van der Waals surface area contributed by atoms with Gasteiger partial charge in [-0.1, -0.05) is 38.1 Å². The van der Waals surface area contributed by atoms with Crippen LogP contribution in [0.4, 0.5) is 0 Å². The molecule has 178 valence electrons. The van der Waals surface area contributed by atoms with Gasteiger partial charge in [0.15, 0.2) is 0 Å². The predicted octanol–water partition coefficient (Wildman–Crippen LogP) is 5.18. The second kappa shape index (κ2) is 9.98. The molecule has 0 bridgehead atoms. The second-order valence-electron chi connectivity index (χ2n) is 9.73. The van der Waals surface area contributed by atoms with E-state index in [1.165, 1.54) is 24.0 Å². The zero-order chi connectivity index (χ0) is 23.6. The van der Waals surface area contributed by atoms with Gasteiger partial charge in [0.2, 0.25) is 10.0 Å². The first-order chi connectivity index (χ1) is 15.8. The number of amides is 1. The van der Waals surface area contributed by atoms with Crippen LogP contribution in [0.25, 0.3) is 0 Å². The number of piperidine rings is 1. The van der Waals surface area contributed by atoms with Crippen LogP contribution in [-0.4, -0.2) is 31.7 Å². The van der Waals surface area contributed by atoms with Gasteiger partial charge in [-0.2, -0.15) is 4.31 Å². The first-order valence-corrected chi connectivity index (χ1v) is 13.8. The third kappa shape index (κ3) is 5.17. The number of rotatable bonds is 6. The zero-order valence-electron chi connectivity index (χ0n) is 20.1. The molecule has 1 heterocycles. The number of aryl methyl sites for hydroxylation is 3. The van der Waals surface area contributed by atoms with Gasteiger partial charge in [0.05, 0.1) is 10.9 Å². The normalized spacial score (nSPS) is 18.5. The van der Waals surface area contributed by atoms with Crippen LogP contribution in [0, 0.1) is 12.8 Å². The van der Waals surface area contributed by atoms with Gasteiger partial charge in [-0.05, 0) is 92.2 Å². The molecule has 2 aliphatic rings. The number of hydrogen-bond acceptors (Lipinski definition) is 3. The molecule has 0 unspecified atom stereocenters. The molecule has 1 N–H and O–H groups in total. The molecule has 1 amide bonds. The van der Waals surface area contributed by atoms with E-state index in [-0.39, 0.29) is 16.8 Å². The molecule has 0 spiro atoms. The van der Waals surface area contributed by atoms with Gasteiger partial charge < -0.3 is 5.32 Å². The number of hydrogen-bond donors (Lipinski definition) is 1. The molecular formula is C27H36N2O3S. The van der Waals surface area contributed by atoms with Crippen molar-refractivity contribution >= 4 is 15.9 Å². The first kappa shape index (κ1) is 24.0. The third-order valence-electron chi connectivity index (χ3n) is 7.32. The lowest BCUT2D eigenvalue weighted by atomic mass is 9.88. The molecule has 1 atom stereocenters. The second-order valence-corrected chi connectivity index (χ2v) is 11.7. The Balaban J connectivity index is 1.55. The molecule has 1 aliphatic carbocycles. The van der Waals surface area contributed by atoms with E-state index in [1.54, 1.807) is 22.5 Å². The minimum absolute atomic E-state index is 0.104. The Morgan fingerprint density at radius 2 is 1.76 bits per heavy atom. The Kier molecular flexibility index (Phi) is 7.25. The summed E-state index contributed by atoms with van der Waals surface area (Å²) in [4.78, 5) is 13.5. The molecule has 4 rings (SSSR count). The molecule has 2 aromatic carbocycles. The van der Waals surface area contributed by atoms with Crippen LogP contribution in [0.15, 0.2) is 41.3 Å². The Bertz CT molecular complexity index is 1120. The SMILES string of the molecule is CC[C@H](NC(=O)c1cc(S(=O)(=O)N2CCC(C)CC2)ccc1C)c1ccc2c(c1)CCCC2. The fraction of sp³-hybridized carbons (Fsp3) is 0.519. The lowest BCUT2D eigenvalue weighted by Crippen LogP contribution is -2.38. The molecular weight excluding hydrogens is 432 g/mol. The van der Waals surface area contributed by atoms with E-state index in [9.17, 15) is 13.2 Å². The van der Waals surface area contributed by atoms with Gasteiger partial charge in [0, 0.05) is 18.7 Å². The summed E-state index contributed by atoms with van der Waals surface area (Å²) in [6.45, 7) is 7.15. The van der Waals surface area contributed by atoms with Crippen molar-refractivity contribution < 1.29 is 13.2 Å². The summed E-state index contributed by atoms with van der Waals surface area (Å²) < 4.78 is 28.0. The standard InChI is InChI=1S/C27H36N2O3S/c1-4-26(23-11-10-21-7-5-6-8-22(21)17-23)28-27(30)25-18-24(12-9-20(25)3)33(31,32)29-15-13-19(2)14-16-29/h9-12,17-19,26H,4-8,13-16H2,1-3H3,(H,28,30)/t26-/m0/s1. The number of sulfonamides is 1. The van der Waals surface area contributed by atoms with Gasteiger partial charge in [-0.15, -0.1) is 0 Å². The highest BCUT2D eigenvalue weighted by Crippen LogP contribution is 2.28. The predicted molar refractivity (Wildman–Crippen MR) is 132 cm³/mol. The van der Waals surface area contributed by atoms with Gasteiger partial charge in [-0.25, -0.2) is 8.42 Å². The quantitative estimate of drug-likeness (QED) is 0.636. The Morgan fingerprint density at radius 3 is 2.45 bits per heavy atom.